The van der Waals surface area contributed by atoms with Gasteiger partial charge in [0.25, 0.3) is 5.91 Å². The van der Waals surface area contributed by atoms with Crippen LogP contribution < -0.4 is 27.0 Å². The number of amides is 1. The van der Waals surface area contributed by atoms with Crippen LogP contribution in [0, 0.1) is 11.6 Å². The smallest absolute Gasteiger partial charge is 0.277 e. The summed E-state index contributed by atoms with van der Waals surface area (Å²) in [4.78, 5) is 24.1. The van der Waals surface area contributed by atoms with Crippen molar-refractivity contribution >= 4 is 39.4 Å². The van der Waals surface area contributed by atoms with E-state index in [0.29, 0.717) is 12.2 Å². The Morgan fingerprint density at radius 1 is 1.26 bits per heavy atom. The maximum absolute atomic E-state index is 14.2. The van der Waals surface area contributed by atoms with Crippen LogP contribution in [-0.2, 0) is 6.42 Å². The van der Waals surface area contributed by atoms with Gasteiger partial charge in [-0.1, -0.05) is 17.4 Å². The third-order valence-corrected chi connectivity index (χ3v) is 7.01. The van der Waals surface area contributed by atoms with E-state index in [4.69, 9.17) is 11.5 Å². The number of nitrogens with one attached hydrogen (secondary N) is 2. The number of pyridine rings is 1. The fourth-order valence-electron chi connectivity index (χ4n) is 4.55. The van der Waals surface area contributed by atoms with Crippen molar-refractivity contribution in [2.24, 2.45) is 5.73 Å². The minimum atomic E-state index is -0.768. The number of benzene rings is 1. The van der Waals surface area contributed by atoms with Gasteiger partial charge in [0, 0.05) is 31.2 Å². The number of anilines is 4. The van der Waals surface area contributed by atoms with Crippen molar-refractivity contribution in [3.63, 3.8) is 0 Å². The van der Waals surface area contributed by atoms with Crippen molar-refractivity contribution in [2.75, 3.05) is 40.9 Å². The van der Waals surface area contributed by atoms with Gasteiger partial charge in [0.1, 0.15) is 27.5 Å². The second kappa shape index (κ2) is 9.15. The summed E-state index contributed by atoms with van der Waals surface area (Å²) in [7, 11) is 0. The number of halogens is 2. The normalized spacial score (nSPS) is 17.7. The minimum Gasteiger partial charge on any atom is -0.389 e. The number of rotatable bonds is 4. The van der Waals surface area contributed by atoms with Crippen molar-refractivity contribution in [2.45, 2.75) is 31.7 Å². The van der Waals surface area contributed by atoms with Crippen LogP contribution in [0.5, 0.6) is 0 Å². The highest BCUT2D eigenvalue weighted by molar-refractivity contribution is 7.19. The summed E-state index contributed by atoms with van der Waals surface area (Å²) < 4.78 is 28.5. The molecule has 3 aromatic rings. The molecule has 178 valence electrons. The predicted octanol–water partition coefficient (Wildman–Crippen LogP) is 3.60. The molecular weight excluding hydrogens is 460 g/mol. The Morgan fingerprint density at radius 2 is 2.06 bits per heavy atom. The second-order valence-corrected chi connectivity index (χ2v) is 9.54. The van der Waals surface area contributed by atoms with Crippen molar-refractivity contribution < 1.29 is 13.6 Å². The molecule has 0 radical (unpaired) electrons. The number of hydrogen-bond donors (Lipinski definition) is 4. The van der Waals surface area contributed by atoms with Gasteiger partial charge in [-0.25, -0.2) is 18.7 Å². The van der Waals surface area contributed by atoms with Crippen molar-refractivity contribution in [3.8, 4) is 10.6 Å². The van der Waals surface area contributed by atoms with Crippen LogP contribution in [0.4, 0.5) is 31.0 Å². The van der Waals surface area contributed by atoms with E-state index in [1.54, 1.807) is 6.20 Å². The van der Waals surface area contributed by atoms with Crippen LogP contribution in [0.15, 0.2) is 24.4 Å². The number of carbonyl (C=O) groups is 1. The molecule has 0 aliphatic carbocycles. The summed E-state index contributed by atoms with van der Waals surface area (Å²) in [6.07, 6.45) is 5.31. The summed E-state index contributed by atoms with van der Waals surface area (Å²) in [5, 5.41) is 6.29. The van der Waals surface area contributed by atoms with Gasteiger partial charge in [-0.2, -0.15) is 0 Å². The summed E-state index contributed by atoms with van der Waals surface area (Å²) in [6, 6.07) is 3.59. The van der Waals surface area contributed by atoms with Gasteiger partial charge in [-0.05, 0) is 37.8 Å². The predicted molar refractivity (Wildman–Crippen MR) is 130 cm³/mol. The number of carbonyl (C=O) groups excluding carboxylic acids is 1. The number of piperidine rings is 1. The lowest BCUT2D eigenvalue weighted by atomic mass is 10.00. The highest BCUT2D eigenvalue weighted by atomic mass is 32.1. The molecule has 1 amide bonds. The lowest BCUT2D eigenvalue weighted by Crippen LogP contribution is -2.43. The van der Waals surface area contributed by atoms with Gasteiger partial charge in [0.05, 0.1) is 23.1 Å². The van der Waals surface area contributed by atoms with Crippen LogP contribution in [0.25, 0.3) is 10.6 Å². The van der Waals surface area contributed by atoms with Gasteiger partial charge in [-0.15, -0.1) is 0 Å². The largest absolute Gasteiger partial charge is 0.389 e. The SMILES string of the molecule is Nc1sc(-c2c(F)cccc2F)nc1C(=O)Nc1cnc2c(c1N1CCCC(N)C1)CCCN2. The first-order valence-electron chi connectivity index (χ1n) is 11.2. The van der Waals surface area contributed by atoms with E-state index in [-0.39, 0.29) is 27.3 Å². The Labute approximate surface area is 199 Å². The van der Waals surface area contributed by atoms with Crippen molar-refractivity contribution in [1.29, 1.82) is 0 Å². The van der Waals surface area contributed by atoms with Crippen LogP contribution in [0.1, 0.15) is 35.3 Å². The lowest BCUT2D eigenvalue weighted by Gasteiger charge is -2.36. The number of fused-ring (bicyclic) bond motifs is 1. The molecule has 4 heterocycles. The highest BCUT2D eigenvalue weighted by Crippen LogP contribution is 2.39. The molecular formula is C23H25F2N7OS. The zero-order valence-corrected chi connectivity index (χ0v) is 19.2. The highest BCUT2D eigenvalue weighted by Gasteiger charge is 2.28. The minimum absolute atomic E-state index is 0.00763. The molecule has 1 fully saturated rings. The monoisotopic (exact) mass is 485 g/mol. The molecule has 2 aliphatic heterocycles. The molecule has 0 bridgehead atoms. The van der Waals surface area contributed by atoms with Gasteiger partial charge >= 0.3 is 0 Å². The summed E-state index contributed by atoms with van der Waals surface area (Å²) >= 11 is 0.863. The Bertz CT molecular complexity index is 1230. The molecule has 1 unspecified atom stereocenters. The molecule has 1 atom stereocenters. The van der Waals surface area contributed by atoms with E-state index in [9.17, 15) is 13.6 Å². The summed E-state index contributed by atoms with van der Waals surface area (Å²) in [5.41, 5.74) is 14.4. The van der Waals surface area contributed by atoms with Crippen LogP contribution in [0.2, 0.25) is 0 Å². The number of nitrogens with two attached hydrogens (primary N) is 2. The van der Waals surface area contributed by atoms with Crippen LogP contribution in [-0.4, -0.2) is 41.6 Å². The molecule has 2 aromatic heterocycles. The number of nitrogen functional groups attached to an aromatic ring is 1. The second-order valence-electron chi connectivity index (χ2n) is 8.51. The molecule has 1 saturated heterocycles. The Balaban J connectivity index is 1.49. The van der Waals surface area contributed by atoms with E-state index >= 15 is 0 Å². The number of nitrogens with zero attached hydrogens (tertiary/aromatic N) is 3. The standard InChI is InChI=1S/C23H25F2N7OS/c24-14-6-1-7-15(25)17(14)23-31-18(20(27)34-23)22(33)30-16-10-29-21-13(5-2-8-28-21)19(16)32-9-3-4-12(26)11-32/h1,6-7,10,12H,2-5,8-9,11,26-27H2,(H,28,29)(H,30,33). The van der Waals surface area contributed by atoms with Crippen LogP contribution in [0.3, 0.4) is 0 Å². The third-order valence-electron chi connectivity index (χ3n) is 6.11. The van der Waals surface area contributed by atoms with Gasteiger partial charge in [0.2, 0.25) is 0 Å². The van der Waals surface area contributed by atoms with Crippen molar-refractivity contribution in [3.05, 3.63) is 47.3 Å². The maximum Gasteiger partial charge on any atom is 0.277 e. The fourth-order valence-corrected chi connectivity index (χ4v) is 5.43. The molecule has 0 saturated carbocycles. The molecule has 1 aromatic carbocycles. The molecule has 5 rings (SSSR count). The zero-order valence-electron chi connectivity index (χ0n) is 18.4. The molecule has 0 spiro atoms. The average molecular weight is 486 g/mol. The maximum atomic E-state index is 14.2. The van der Waals surface area contributed by atoms with Crippen LogP contribution >= 0.6 is 11.3 Å². The topological polar surface area (TPSA) is 122 Å². The van der Waals surface area contributed by atoms with Crippen molar-refractivity contribution in [1.82, 2.24) is 9.97 Å². The first kappa shape index (κ1) is 22.5. The summed E-state index contributed by atoms with van der Waals surface area (Å²) in [6.45, 7) is 2.34. The Hall–Kier alpha value is -3.31. The van der Waals surface area contributed by atoms with E-state index in [1.807, 2.05) is 0 Å². The molecule has 6 N–H and O–H groups in total. The number of thiazole rings is 1. The average Bonchev–Trinajstić information content (AvgIpc) is 3.20. The van der Waals surface area contributed by atoms with E-state index < -0.39 is 17.5 Å². The first-order chi connectivity index (χ1) is 16.4. The van der Waals surface area contributed by atoms with Gasteiger partial charge in [0.15, 0.2) is 5.69 Å². The zero-order chi connectivity index (χ0) is 23.8. The molecule has 8 nitrogen and oxygen atoms in total. The third kappa shape index (κ3) is 4.16. The number of hydrogen-bond acceptors (Lipinski definition) is 8. The molecule has 11 heteroatoms. The van der Waals surface area contributed by atoms with E-state index in [2.05, 4.69) is 25.5 Å². The Kier molecular flexibility index (Phi) is 6.05. The van der Waals surface area contributed by atoms with E-state index in [0.717, 1.165) is 79.3 Å². The van der Waals surface area contributed by atoms with Gasteiger partial charge < -0.3 is 27.0 Å². The molecule has 2 aliphatic rings. The molecule has 34 heavy (non-hydrogen) atoms. The Morgan fingerprint density at radius 3 is 2.82 bits per heavy atom. The number of aromatic nitrogens is 2. The lowest BCUT2D eigenvalue weighted by molar-refractivity contribution is 0.102. The fraction of sp³-hybridized carbons (Fsp3) is 0.348. The quantitative estimate of drug-likeness (QED) is 0.445. The van der Waals surface area contributed by atoms with E-state index in [1.165, 1.54) is 6.07 Å². The summed E-state index contributed by atoms with van der Waals surface area (Å²) in [5.74, 6) is -1.29. The first-order valence-corrected chi connectivity index (χ1v) is 12.0. The van der Waals surface area contributed by atoms with Gasteiger partial charge in [-0.3, -0.25) is 4.79 Å².